The van der Waals surface area contributed by atoms with Crippen LogP contribution in [0, 0.1) is 13.5 Å². The lowest BCUT2D eigenvalue weighted by Gasteiger charge is -2.21. The molecule has 2 nitrogen and oxygen atoms in total. The second-order valence-corrected chi connectivity index (χ2v) is 3.95. The van der Waals surface area contributed by atoms with Gasteiger partial charge in [-0.15, -0.1) is 0 Å². The molecule has 0 spiro atoms. The summed E-state index contributed by atoms with van der Waals surface area (Å²) in [5.41, 5.74) is 3.77. The third kappa shape index (κ3) is 2.14. The molecule has 0 amide bonds. The summed E-state index contributed by atoms with van der Waals surface area (Å²) < 4.78 is 0. The highest BCUT2D eigenvalue weighted by molar-refractivity contribution is 5.79. The van der Waals surface area contributed by atoms with Gasteiger partial charge in [0.2, 0.25) is 5.69 Å². The molecule has 0 aromatic heterocycles. The maximum atomic E-state index is 7.28. The van der Waals surface area contributed by atoms with E-state index in [0.717, 1.165) is 22.6 Å². The van der Waals surface area contributed by atoms with Gasteiger partial charge in [0.1, 0.15) is 0 Å². The third-order valence-electron chi connectivity index (χ3n) is 2.83. The number of anilines is 2. The van der Waals surface area contributed by atoms with Crippen LogP contribution in [0.25, 0.3) is 4.85 Å². The monoisotopic (exact) mass is 222 g/mol. The Morgan fingerprint density at radius 3 is 2.35 bits per heavy atom. The lowest BCUT2D eigenvalue weighted by atomic mass is 10.1. The first-order chi connectivity index (χ1) is 8.24. The molecule has 0 aliphatic carbocycles. The predicted molar refractivity (Wildman–Crippen MR) is 71.9 cm³/mol. The van der Waals surface area contributed by atoms with Crippen LogP contribution < -0.4 is 4.90 Å². The molecular formula is C15H14N2. The Kier molecular flexibility index (Phi) is 3.11. The number of rotatable bonds is 2. The molecule has 84 valence electrons. The Bertz CT molecular complexity index is 553. The van der Waals surface area contributed by atoms with Gasteiger partial charge in [-0.05, 0) is 30.7 Å². The molecule has 17 heavy (non-hydrogen) atoms. The molecule has 0 aliphatic rings. The number of hydrogen-bond donors (Lipinski definition) is 0. The van der Waals surface area contributed by atoms with Gasteiger partial charge in [0.15, 0.2) is 0 Å². The van der Waals surface area contributed by atoms with Crippen LogP contribution in [-0.4, -0.2) is 7.05 Å². The zero-order chi connectivity index (χ0) is 12.3. The lowest BCUT2D eigenvalue weighted by Crippen LogP contribution is -2.09. The van der Waals surface area contributed by atoms with E-state index in [9.17, 15) is 0 Å². The van der Waals surface area contributed by atoms with Crippen molar-refractivity contribution in [2.75, 3.05) is 11.9 Å². The molecule has 0 aliphatic heterocycles. The minimum absolute atomic E-state index is 0.721. The number of benzene rings is 2. The highest BCUT2D eigenvalue weighted by Crippen LogP contribution is 2.35. The normalized spacial score (nSPS) is 9.71. The summed E-state index contributed by atoms with van der Waals surface area (Å²) in [5, 5.41) is 0. The zero-order valence-corrected chi connectivity index (χ0v) is 10.0. The van der Waals surface area contributed by atoms with Crippen molar-refractivity contribution in [3.05, 3.63) is 65.5 Å². The molecule has 2 heteroatoms. The summed E-state index contributed by atoms with van der Waals surface area (Å²) in [6.07, 6.45) is 0. The van der Waals surface area contributed by atoms with E-state index < -0.39 is 0 Å². The van der Waals surface area contributed by atoms with Crippen LogP contribution in [0.1, 0.15) is 5.56 Å². The van der Waals surface area contributed by atoms with Gasteiger partial charge in [0, 0.05) is 18.4 Å². The van der Waals surface area contributed by atoms with E-state index in [1.165, 1.54) is 0 Å². The Hall–Kier alpha value is -2.27. The fourth-order valence-corrected chi connectivity index (χ4v) is 1.85. The van der Waals surface area contributed by atoms with E-state index in [2.05, 4.69) is 4.85 Å². The molecule has 0 radical (unpaired) electrons. The standard InChI is InChI=1S/C15H14N2/c1-12-8-7-11-14(15(12)16-2)17(3)13-9-5-4-6-10-13/h4-11H,1,3H3. The fraction of sp³-hybridized carbons (Fsp3) is 0.133. The molecule has 0 fully saturated rings. The summed E-state index contributed by atoms with van der Waals surface area (Å²) in [6.45, 7) is 9.25. The van der Waals surface area contributed by atoms with Gasteiger partial charge in [0.25, 0.3) is 0 Å². The second-order valence-electron chi connectivity index (χ2n) is 3.95. The van der Waals surface area contributed by atoms with Crippen LogP contribution >= 0.6 is 0 Å². The van der Waals surface area contributed by atoms with E-state index in [4.69, 9.17) is 6.57 Å². The topological polar surface area (TPSA) is 7.60 Å². The maximum Gasteiger partial charge on any atom is 0.213 e. The largest absolute Gasteiger partial charge is 0.354 e. The number of nitrogens with zero attached hydrogens (tertiary/aromatic N) is 2. The van der Waals surface area contributed by atoms with Gasteiger partial charge < -0.3 is 4.90 Å². The lowest BCUT2D eigenvalue weighted by molar-refractivity contribution is 1.21. The van der Waals surface area contributed by atoms with Crippen molar-refractivity contribution in [2.24, 2.45) is 0 Å². The number of aryl methyl sites for hydroxylation is 1. The minimum atomic E-state index is 0.721. The van der Waals surface area contributed by atoms with Crippen molar-refractivity contribution in [1.82, 2.24) is 0 Å². The minimum Gasteiger partial charge on any atom is -0.354 e. The van der Waals surface area contributed by atoms with E-state index in [1.807, 2.05) is 67.4 Å². The van der Waals surface area contributed by atoms with E-state index in [0.29, 0.717) is 0 Å². The van der Waals surface area contributed by atoms with Gasteiger partial charge >= 0.3 is 0 Å². The summed E-state index contributed by atoms with van der Waals surface area (Å²) in [5.74, 6) is 0. The predicted octanol–water partition coefficient (Wildman–Crippen LogP) is 4.31. The van der Waals surface area contributed by atoms with Crippen LogP contribution in [0.2, 0.25) is 0 Å². The molecule has 0 heterocycles. The average Bonchev–Trinajstić information content (AvgIpc) is 2.38. The third-order valence-corrected chi connectivity index (χ3v) is 2.83. The Labute approximate surface area is 102 Å². The molecule has 0 atom stereocenters. The summed E-state index contributed by atoms with van der Waals surface area (Å²) in [7, 11) is 1.98. The molecule has 0 bridgehead atoms. The number of para-hydroxylation sites is 2. The maximum absolute atomic E-state index is 7.28. The molecule has 0 saturated heterocycles. The molecular weight excluding hydrogens is 208 g/mol. The highest BCUT2D eigenvalue weighted by atomic mass is 15.1. The summed E-state index contributed by atoms with van der Waals surface area (Å²) >= 11 is 0. The van der Waals surface area contributed by atoms with Crippen molar-refractivity contribution in [1.29, 1.82) is 0 Å². The van der Waals surface area contributed by atoms with E-state index in [-0.39, 0.29) is 0 Å². The molecule has 2 aromatic rings. The molecule has 0 unspecified atom stereocenters. The van der Waals surface area contributed by atoms with Gasteiger partial charge in [-0.1, -0.05) is 30.3 Å². The first-order valence-corrected chi connectivity index (χ1v) is 5.50. The Morgan fingerprint density at radius 2 is 1.71 bits per heavy atom. The molecule has 2 rings (SSSR count). The Morgan fingerprint density at radius 1 is 1.00 bits per heavy atom. The molecule has 0 N–H and O–H groups in total. The highest BCUT2D eigenvalue weighted by Gasteiger charge is 2.10. The van der Waals surface area contributed by atoms with Gasteiger partial charge in [-0.25, -0.2) is 4.85 Å². The van der Waals surface area contributed by atoms with Crippen LogP contribution in [-0.2, 0) is 0 Å². The number of hydrogen-bond acceptors (Lipinski definition) is 1. The van der Waals surface area contributed by atoms with E-state index >= 15 is 0 Å². The van der Waals surface area contributed by atoms with Crippen molar-refractivity contribution >= 4 is 17.1 Å². The fourth-order valence-electron chi connectivity index (χ4n) is 1.85. The van der Waals surface area contributed by atoms with Crippen LogP contribution in [0.4, 0.5) is 17.1 Å². The van der Waals surface area contributed by atoms with Crippen molar-refractivity contribution in [3.63, 3.8) is 0 Å². The summed E-state index contributed by atoms with van der Waals surface area (Å²) in [4.78, 5) is 5.67. The van der Waals surface area contributed by atoms with Crippen LogP contribution in [0.3, 0.4) is 0 Å². The Balaban J connectivity index is 2.49. The summed E-state index contributed by atoms with van der Waals surface area (Å²) in [6, 6.07) is 16.0. The first-order valence-electron chi connectivity index (χ1n) is 5.50. The second kappa shape index (κ2) is 4.71. The van der Waals surface area contributed by atoms with Crippen LogP contribution in [0.15, 0.2) is 48.5 Å². The first kappa shape index (κ1) is 11.2. The molecule has 2 aromatic carbocycles. The van der Waals surface area contributed by atoms with Crippen molar-refractivity contribution in [2.45, 2.75) is 6.92 Å². The molecule has 0 saturated carbocycles. The van der Waals surface area contributed by atoms with Gasteiger partial charge in [-0.3, -0.25) is 0 Å². The van der Waals surface area contributed by atoms with Gasteiger partial charge in [-0.2, -0.15) is 0 Å². The quantitative estimate of drug-likeness (QED) is 0.687. The van der Waals surface area contributed by atoms with Crippen molar-refractivity contribution < 1.29 is 0 Å². The van der Waals surface area contributed by atoms with Crippen molar-refractivity contribution in [3.8, 4) is 0 Å². The average molecular weight is 222 g/mol. The van der Waals surface area contributed by atoms with Crippen LogP contribution in [0.5, 0.6) is 0 Å². The SMILES string of the molecule is [C-]#[N+]c1c(C)cccc1N(C)c1ccccc1. The van der Waals surface area contributed by atoms with Gasteiger partial charge in [0.05, 0.1) is 6.57 Å². The van der Waals surface area contributed by atoms with E-state index in [1.54, 1.807) is 0 Å². The zero-order valence-electron chi connectivity index (χ0n) is 10.0. The smallest absolute Gasteiger partial charge is 0.213 e.